The number of sulfone groups is 1. The summed E-state index contributed by atoms with van der Waals surface area (Å²) in [4.78, 5) is 23.4. The van der Waals surface area contributed by atoms with Gasteiger partial charge in [-0.25, -0.2) is 13.4 Å². The van der Waals surface area contributed by atoms with Crippen LogP contribution in [0.5, 0.6) is 0 Å². The molecule has 1 aliphatic carbocycles. The molecule has 28 heavy (non-hydrogen) atoms. The largest absolute Gasteiger partial charge is 0.392 e. The SMILES string of the molecule is Cc1cnc(NC(=O)/C(=N/OC2CCCC2)c2ccc(S(C)(=O)=O)c(Cl)c2)s1. The molecule has 1 fully saturated rings. The molecule has 0 spiro atoms. The summed E-state index contributed by atoms with van der Waals surface area (Å²) in [7, 11) is -3.48. The number of anilines is 1. The number of nitrogens with zero attached hydrogens (tertiary/aromatic N) is 2. The summed E-state index contributed by atoms with van der Waals surface area (Å²) < 4.78 is 23.6. The predicted octanol–water partition coefficient (Wildman–Crippen LogP) is 3.81. The highest BCUT2D eigenvalue weighted by atomic mass is 35.5. The van der Waals surface area contributed by atoms with Gasteiger partial charge in [0.1, 0.15) is 6.10 Å². The molecule has 1 saturated carbocycles. The van der Waals surface area contributed by atoms with Crippen LogP contribution in [0, 0.1) is 6.92 Å². The smallest absolute Gasteiger partial charge is 0.280 e. The monoisotopic (exact) mass is 441 g/mol. The number of aromatic nitrogens is 1. The van der Waals surface area contributed by atoms with E-state index in [2.05, 4.69) is 15.5 Å². The van der Waals surface area contributed by atoms with Gasteiger partial charge >= 0.3 is 0 Å². The van der Waals surface area contributed by atoms with Crippen molar-refractivity contribution in [1.29, 1.82) is 0 Å². The summed E-state index contributed by atoms with van der Waals surface area (Å²) in [6.07, 6.45) is 6.60. The van der Waals surface area contributed by atoms with Gasteiger partial charge in [0.15, 0.2) is 20.7 Å². The average Bonchev–Trinajstić information content (AvgIpc) is 3.26. The molecule has 0 radical (unpaired) electrons. The van der Waals surface area contributed by atoms with Crippen molar-refractivity contribution in [1.82, 2.24) is 4.98 Å². The second-order valence-electron chi connectivity index (χ2n) is 6.60. The summed E-state index contributed by atoms with van der Waals surface area (Å²) in [6, 6.07) is 4.26. The van der Waals surface area contributed by atoms with E-state index in [9.17, 15) is 13.2 Å². The number of halogens is 1. The number of rotatable bonds is 6. The first-order valence-corrected chi connectivity index (χ1v) is 11.8. The first-order chi connectivity index (χ1) is 13.2. The number of nitrogens with one attached hydrogen (secondary N) is 1. The van der Waals surface area contributed by atoms with Gasteiger partial charge in [-0.15, -0.1) is 11.3 Å². The van der Waals surface area contributed by atoms with E-state index in [0.29, 0.717) is 10.7 Å². The maximum absolute atomic E-state index is 12.8. The molecule has 3 rings (SSSR count). The normalized spacial score (nSPS) is 15.6. The van der Waals surface area contributed by atoms with Crippen molar-refractivity contribution >= 4 is 49.5 Å². The van der Waals surface area contributed by atoms with E-state index >= 15 is 0 Å². The number of aryl methyl sites for hydroxylation is 1. The molecule has 0 bridgehead atoms. The van der Waals surface area contributed by atoms with Gasteiger partial charge in [-0.05, 0) is 44.7 Å². The van der Waals surface area contributed by atoms with Crippen molar-refractivity contribution in [2.45, 2.75) is 43.6 Å². The number of hydrogen-bond acceptors (Lipinski definition) is 7. The zero-order valence-corrected chi connectivity index (χ0v) is 17.8. The van der Waals surface area contributed by atoms with Crippen LogP contribution in [-0.4, -0.2) is 37.4 Å². The maximum Gasteiger partial charge on any atom is 0.280 e. The molecule has 7 nitrogen and oxygen atoms in total. The summed E-state index contributed by atoms with van der Waals surface area (Å²) in [5.74, 6) is -0.504. The Hall–Kier alpha value is -1.97. The molecule has 2 aromatic rings. The number of carbonyl (C=O) groups is 1. The number of thiazole rings is 1. The Morgan fingerprint density at radius 2 is 2.07 bits per heavy atom. The minimum absolute atomic E-state index is 0.00932. The highest BCUT2D eigenvalue weighted by molar-refractivity contribution is 7.90. The molecule has 1 aromatic heterocycles. The molecular formula is C18H20ClN3O4S2. The molecule has 10 heteroatoms. The fourth-order valence-corrected chi connectivity index (χ4v) is 4.85. The fraction of sp³-hybridized carbons (Fsp3) is 0.389. The Kier molecular flexibility index (Phi) is 6.36. The van der Waals surface area contributed by atoms with Crippen molar-refractivity contribution in [2.24, 2.45) is 5.16 Å². The molecule has 0 atom stereocenters. The minimum atomic E-state index is -3.48. The fourth-order valence-electron chi connectivity index (χ4n) is 2.86. The van der Waals surface area contributed by atoms with Gasteiger partial charge in [0.05, 0.1) is 9.92 Å². The zero-order valence-electron chi connectivity index (χ0n) is 15.4. The third kappa shape index (κ3) is 5.09. The molecule has 0 saturated heterocycles. The lowest BCUT2D eigenvalue weighted by atomic mass is 10.1. The van der Waals surface area contributed by atoms with E-state index in [1.807, 2.05) is 6.92 Å². The van der Waals surface area contributed by atoms with E-state index in [1.54, 1.807) is 6.20 Å². The minimum Gasteiger partial charge on any atom is -0.392 e. The van der Waals surface area contributed by atoms with E-state index in [-0.39, 0.29) is 21.7 Å². The summed E-state index contributed by atoms with van der Waals surface area (Å²) in [6.45, 7) is 1.88. The van der Waals surface area contributed by atoms with Crippen LogP contribution >= 0.6 is 22.9 Å². The summed E-state index contributed by atoms with van der Waals surface area (Å²) in [5.41, 5.74) is 0.378. The van der Waals surface area contributed by atoms with E-state index < -0.39 is 15.7 Å². The second kappa shape index (κ2) is 8.59. The highest BCUT2D eigenvalue weighted by Crippen LogP contribution is 2.25. The van der Waals surface area contributed by atoms with Crippen LogP contribution in [0.15, 0.2) is 34.4 Å². The number of oxime groups is 1. The lowest BCUT2D eigenvalue weighted by Gasteiger charge is -2.11. The first kappa shape index (κ1) is 20.8. The Bertz CT molecular complexity index is 1010. The molecule has 150 valence electrons. The van der Waals surface area contributed by atoms with Gasteiger partial charge in [-0.3, -0.25) is 10.1 Å². The van der Waals surface area contributed by atoms with Gasteiger partial charge in [-0.1, -0.05) is 22.8 Å². The number of carbonyl (C=O) groups excluding carboxylic acids is 1. The Labute approximate surface area is 172 Å². The topological polar surface area (TPSA) is 97.7 Å². The molecule has 1 amide bonds. The molecule has 0 unspecified atom stereocenters. The van der Waals surface area contributed by atoms with Crippen molar-refractivity contribution in [3.8, 4) is 0 Å². The third-order valence-corrected chi connectivity index (χ3v) is 6.66. The molecule has 1 heterocycles. The molecular weight excluding hydrogens is 422 g/mol. The summed E-state index contributed by atoms with van der Waals surface area (Å²) >= 11 is 7.47. The summed E-state index contributed by atoms with van der Waals surface area (Å²) in [5, 5.41) is 7.24. The molecule has 0 aliphatic heterocycles. The van der Waals surface area contributed by atoms with Crippen LogP contribution in [0.4, 0.5) is 5.13 Å². The van der Waals surface area contributed by atoms with Gasteiger partial charge in [0, 0.05) is 22.9 Å². The zero-order chi connectivity index (χ0) is 20.3. The van der Waals surface area contributed by atoms with Crippen LogP contribution < -0.4 is 5.32 Å². The quantitative estimate of drug-likeness (QED) is 0.543. The van der Waals surface area contributed by atoms with Gasteiger partial charge in [-0.2, -0.15) is 0 Å². The first-order valence-electron chi connectivity index (χ1n) is 8.71. The van der Waals surface area contributed by atoms with Crippen LogP contribution in [0.1, 0.15) is 36.1 Å². The van der Waals surface area contributed by atoms with Crippen LogP contribution in [0.2, 0.25) is 5.02 Å². The Balaban J connectivity index is 1.92. The second-order valence-corrected chi connectivity index (χ2v) is 10.2. The van der Waals surface area contributed by atoms with E-state index in [0.717, 1.165) is 36.8 Å². The number of hydrogen-bond donors (Lipinski definition) is 1. The molecule has 1 aliphatic rings. The lowest BCUT2D eigenvalue weighted by Crippen LogP contribution is -2.25. The predicted molar refractivity (Wildman–Crippen MR) is 110 cm³/mol. The Morgan fingerprint density at radius 1 is 1.36 bits per heavy atom. The number of amides is 1. The van der Waals surface area contributed by atoms with E-state index in [1.165, 1.54) is 29.5 Å². The van der Waals surface area contributed by atoms with Gasteiger partial charge < -0.3 is 4.84 Å². The van der Waals surface area contributed by atoms with Crippen LogP contribution in [-0.2, 0) is 19.5 Å². The van der Waals surface area contributed by atoms with Gasteiger partial charge in [0.25, 0.3) is 5.91 Å². The Morgan fingerprint density at radius 3 is 2.64 bits per heavy atom. The van der Waals surface area contributed by atoms with Crippen molar-refractivity contribution in [2.75, 3.05) is 11.6 Å². The lowest BCUT2D eigenvalue weighted by molar-refractivity contribution is -0.110. The third-order valence-electron chi connectivity index (χ3n) is 4.26. The molecule has 1 aromatic carbocycles. The van der Waals surface area contributed by atoms with Crippen molar-refractivity contribution in [3.05, 3.63) is 39.9 Å². The standard InChI is InChI=1S/C18H20ClN3O4S2/c1-11-10-20-18(27-11)21-17(23)16(22-26-13-5-3-4-6-13)12-7-8-15(14(19)9-12)28(2,24)25/h7-10,13H,3-6H2,1-2H3,(H,20,21,23)/b22-16+. The maximum atomic E-state index is 12.8. The van der Waals surface area contributed by atoms with Crippen molar-refractivity contribution < 1.29 is 18.0 Å². The average molecular weight is 442 g/mol. The van der Waals surface area contributed by atoms with Crippen molar-refractivity contribution in [3.63, 3.8) is 0 Å². The number of benzene rings is 1. The van der Waals surface area contributed by atoms with Crippen LogP contribution in [0.3, 0.4) is 0 Å². The van der Waals surface area contributed by atoms with Crippen LogP contribution in [0.25, 0.3) is 0 Å². The van der Waals surface area contributed by atoms with Gasteiger partial charge in [0.2, 0.25) is 0 Å². The van der Waals surface area contributed by atoms with E-state index in [4.69, 9.17) is 16.4 Å². The highest BCUT2D eigenvalue weighted by Gasteiger charge is 2.22. The molecule has 1 N–H and O–H groups in total.